The molecule has 8 aromatic rings. The Balaban J connectivity index is 0.000000134. The summed E-state index contributed by atoms with van der Waals surface area (Å²) < 4.78 is 0. The SMILES string of the molecule is C[C@@H]1CN(c2ccc(C#N)c3nccnc23)C[C@@H]1N.C[C@@H]1CN(c2ccc(C#N)c3nccnc23)C[C@@H]1NC(=O)CC1CCCN(C)C1.C[C@@H]1CN(c2ccc(C#N)c3nccnc23)C[C@@H]1NC(=O)CC1CCCN(C)C1.C[C@@H]1CN(c2ccc(C#N)c3nccnc23)C[C@@H]1NC(=O)CC1CCN(C)CC1. The molecule has 26 heteroatoms. The fourth-order valence-electron chi connectivity index (χ4n) is 16.5. The molecule has 7 aliphatic heterocycles. The van der Waals surface area contributed by atoms with E-state index in [0.29, 0.717) is 105 Å². The van der Waals surface area contributed by atoms with Crippen LogP contribution in [0.15, 0.2) is 98.1 Å². The van der Waals surface area contributed by atoms with Gasteiger partial charge in [0.1, 0.15) is 68.4 Å². The zero-order chi connectivity index (χ0) is 74.5. The number of anilines is 4. The maximum atomic E-state index is 12.7. The molecule has 5 N–H and O–H groups in total. The number of benzene rings is 4. The predicted octanol–water partition coefficient (Wildman–Crippen LogP) is 7.81. The van der Waals surface area contributed by atoms with Crippen LogP contribution < -0.4 is 41.3 Å². The van der Waals surface area contributed by atoms with Gasteiger partial charge in [0, 0.05) is 140 Å². The highest BCUT2D eigenvalue weighted by atomic mass is 16.2. The van der Waals surface area contributed by atoms with Gasteiger partial charge in [-0.05, 0) is 176 Å². The zero-order valence-electron chi connectivity index (χ0n) is 62.2. The molecule has 2 unspecified atom stereocenters. The van der Waals surface area contributed by atoms with Crippen LogP contribution in [0.3, 0.4) is 0 Å². The minimum Gasteiger partial charge on any atom is -0.368 e. The second-order valence-electron chi connectivity index (χ2n) is 30.6. The lowest BCUT2D eigenvalue weighted by molar-refractivity contribution is -0.124. The van der Waals surface area contributed by atoms with E-state index in [9.17, 15) is 30.2 Å². The largest absolute Gasteiger partial charge is 0.368 e. The van der Waals surface area contributed by atoms with Crippen LogP contribution in [0, 0.1) is 86.7 Å². The number of carbonyl (C=O) groups excluding carboxylic acids is 3. The minimum atomic E-state index is 0.117. The molecule has 0 aliphatic carbocycles. The molecular weight excluding hydrogens is 1330 g/mol. The number of rotatable bonds is 13. The quantitative estimate of drug-likeness (QED) is 0.0854. The summed E-state index contributed by atoms with van der Waals surface area (Å²) in [6.45, 7) is 21.6. The highest BCUT2D eigenvalue weighted by Crippen LogP contribution is 2.36. The van der Waals surface area contributed by atoms with Gasteiger partial charge in [-0.1, -0.05) is 27.7 Å². The number of fused-ring (bicyclic) bond motifs is 4. The lowest BCUT2D eigenvalue weighted by Gasteiger charge is -2.29. The first-order chi connectivity index (χ1) is 51.3. The van der Waals surface area contributed by atoms with Crippen molar-refractivity contribution in [3.63, 3.8) is 0 Å². The third-order valence-electron chi connectivity index (χ3n) is 22.5. The van der Waals surface area contributed by atoms with Gasteiger partial charge in [-0.25, -0.2) is 0 Å². The molecule has 15 rings (SSSR count). The van der Waals surface area contributed by atoms with Crippen LogP contribution in [0.25, 0.3) is 44.1 Å². The van der Waals surface area contributed by atoms with Crippen molar-refractivity contribution in [2.24, 2.45) is 47.2 Å². The van der Waals surface area contributed by atoms with Gasteiger partial charge in [0.05, 0.1) is 63.1 Å². The van der Waals surface area contributed by atoms with Crippen molar-refractivity contribution in [2.75, 3.05) is 132 Å². The topological polar surface area (TPSA) is 334 Å². The molecule has 0 spiro atoms. The highest BCUT2D eigenvalue weighted by Gasteiger charge is 2.37. The normalized spacial score (nSPS) is 24.2. The molecule has 7 aliphatic rings. The van der Waals surface area contributed by atoms with E-state index in [4.69, 9.17) is 11.0 Å². The van der Waals surface area contributed by atoms with E-state index >= 15 is 0 Å². The Morgan fingerprint density at radius 1 is 0.368 bits per heavy atom. The average Bonchev–Trinajstić information content (AvgIpc) is 1.49. The molecule has 106 heavy (non-hydrogen) atoms. The Labute approximate surface area is 621 Å². The Bertz CT molecular complexity index is 4450. The fraction of sp³-hybridized carbons (Fsp3) is 0.512. The van der Waals surface area contributed by atoms with Crippen LogP contribution in [-0.4, -0.2) is 209 Å². The summed E-state index contributed by atoms with van der Waals surface area (Å²) in [7, 11) is 6.40. The van der Waals surface area contributed by atoms with Crippen molar-refractivity contribution in [1.82, 2.24) is 70.5 Å². The van der Waals surface area contributed by atoms with Gasteiger partial charge in [-0.3, -0.25) is 54.3 Å². The molecule has 0 saturated carbocycles. The standard InChI is InChI=1S/3C22H28N6O.C14H15N5/c1-15-13-28(19-4-3-17(12-23)21-22(19)25-8-7-24-21)14-18(15)26-20(29)11-16-5-9-27(2)10-6-16;2*1-15-12-28(19-6-5-17(11-23)21-22(19)25-8-7-24-21)14-18(15)26-20(29)10-16-4-3-9-27(2)13-16;1-9-7-19(8-11(9)16)12-3-2-10(6-15)13-14(12)18-5-4-17-13/h3-4,7-8,15-16,18H,5-6,9-11,13-14H2,1-2H3,(H,26,29);2*5-8,15-16,18H,3-4,9-10,12-14H2,1-2H3,(H,26,29);2-5,9,11H,7-8,16H2,1H3/t15-,18+;2*15-,16?,18+;9-,11+/m1111/s1. The molecule has 4 aromatic heterocycles. The number of nitrogens with zero attached hydrogens (tertiary/aromatic N) is 19. The minimum absolute atomic E-state index is 0.117. The Hall–Kier alpha value is -10.4. The third kappa shape index (κ3) is 17.9. The number of nitrogens with one attached hydrogen (secondary N) is 3. The maximum absolute atomic E-state index is 12.7. The number of hydrogen-bond acceptors (Lipinski definition) is 23. The number of hydrogen-bond donors (Lipinski definition) is 4. The van der Waals surface area contributed by atoms with Crippen LogP contribution in [0.4, 0.5) is 22.7 Å². The summed E-state index contributed by atoms with van der Waals surface area (Å²) in [5.41, 5.74) is 17.8. The molecule has 7 fully saturated rings. The Kier molecular flexibility index (Phi) is 24.7. The van der Waals surface area contributed by atoms with Gasteiger partial charge in [0.2, 0.25) is 17.7 Å². The van der Waals surface area contributed by atoms with Crippen LogP contribution in [-0.2, 0) is 14.4 Å². The molecule has 7 saturated heterocycles. The summed E-state index contributed by atoms with van der Waals surface area (Å²) >= 11 is 0. The smallest absolute Gasteiger partial charge is 0.220 e. The molecule has 0 radical (unpaired) electrons. The van der Waals surface area contributed by atoms with E-state index < -0.39 is 0 Å². The summed E-state index contributed by atoms with van der Waals surface area (Å²) in [6.07, 6.45) is 21.8. The third-order valence-corrected chi connectivity index (χ3v) is 22.5. The first-order valence-corrected chi connectivity index (χ1v) is 37.6. The van der Waals surface area contributed by atoms with Crippen molar-refractivity contribution in [2.45, 2.75) is 110 Å². The van der Waals surface area contributed by atoms with Crippen molar-refractivity contribution < 1.29 is 14.4 Å². The van der Waals surface area contributed by atoms with Crippen LogP contribution >= 0.6 is 0 Å². The number of nitriles is 4. The number of nitrogens with two attached hydrogens (primary N) is 1. The van der Waals surface area contributed by atoms with Crippen molar-refractivity contribution in [3.8, 4) is 24.3 Å². The molecule has 26 nitrogen and oxygen atoms in total. The Morgan fingerprint density at radius 3 is 0.934 bits per heavy atom. The second kappa shape index (κ2) is 34.7. The lowest BCUT2D eigenvalue weighted by atomic mass is 9.93. The number of aromatic nitrogens is 8. The summed E-state index contributed by atoms with van der Waals surface area (Å²) in [5.74, 6) is 3.40. The van der Waals surface area contributed by atoms with E-state index in [1.54, 1.807) is 55.6 Å². The number of carbonyl (C=O) groups is 3. The van der Waals surface area contributed by atoms with E-state index in [-0.39, 0.29) is 41.9 Å². The summed E-state index contributed by atoms with van der Waals surface area (Å²) in [4.78, 5) is 89.1. The molecule has 552 valence electrons. The van der Waals surface area contributed by atoms with E-state index in [1.165, 1.54) is 12.8 Å². The van der Waals surface area contributed by atoms with Gasteiger partial charge in [0.25, 0.3) is 0 Å². The first-order valence-electron chi connectivity index (χ1n) is 37.6. The number of piperidine rings is 3. The molecule has 11 heterocycles. The molecular formula is C80H99N23O3. The van der Waals surface area contributed by atoms with Gasteiger partial charge in [-0.2, -0.15) is 21.0 Å². The molecule has 10 atom stereocenters. The van der Waals surface area contributed by atoms with E-state index in [0.717, 1.165) is 162 Å². The number of amides is 3. The van der Waals surface area contributed by atoms with E-state index in [2.05, 4.69) is 163 Å². The summed E-state index contributed by atoms with van der Waals surface area (Å²) in [6, 6.07) is 24.3. The predicted molar refractivity (Wildman–Crippen MR) is 411 cm³/mol. The van der Waals surface area contributed by atoms with Crippen molar-refractivity contribution in [1.29, 1.82) is 21.0 Å². The second-order valence-corrected chi connectivity index (χ2v) is 30.6. The van der Waals surface area contributed by atoms with Crippen LogP contribution in [0.5, 0.6) is 0 Å². The summed E-state index contributed by atoms with van der Waals surface area (Å²) in [5, 5.41) is 47.0. The van der Waals surface area contributed by atoms with Gasteiger partial charge in [0.15, 0.2) is 0 Å². The van der Waals surface area contributed by atoms with Gasteiger partial charge >= 0.3 is 0 Å². The molecule has 4 aromatic carbocycles. The maximum Gasteiger partial charge on any atom is 0.220 e. The van der Waals surface area contributed by atoms with Crippen molar-refractivity contribution in [3.05, 3.63) is 120 Å². The van der Waals surface area contributed by atoms with Crippen molar-refractivity contribution >= 4 is 84.6 Å². The van der Waals surface area contributed by atoms with E-state index in [1.807, 2.05) is 42.5 Å². The average molecular weight is 1430 g/mol. The first kappa shape index (κ1) is 75.3. The van der Waals surface area contributed by atoms with Gasteiger partial charge < -0.3 is 56.0 Å². The monoisotopic (exact) mass is 1430 g/mol. The number of likely N-dealkylation sites (tertiary alicyclic amines) is 3. The molecule has 0 bridgehead atoms. The van der Waals surface area contributed by atoms with Crippen LogP contribution in [0.2, 0.25) is 0 Å². The zero-order valence-corrected chi connectivity index (χ0v) is 62.2. The van der Waals surface area contributed by atoms with Crippen LogP contribution in [0.1, 0.15) is 108 Å². The fourth-order valence-corrected chi connectivity index (χ4v) is 16.5. The highest BCUT2D eigenvalue weighted by molar-refractivity contribution is 5.95. The lowest BCUT2D eigenvalue weighted by Crippen LogP contribution is -2.42. The Morgan fingerprint density at radius 2 is 0.651 bits per heavy atom. The molecule has 3 amide bonds. The van der Waals surface area contributed by atoms with Gasteiger partial charge in [-0.15, -0.1) is 0 Å².